The summed E-state index contributed by atoms with van der Waals surface area (Å²) in [6.45, 7) is 4.89. The van der Waals surface area contributed by atoms with Crippen molar-refractivity contribution in [1.82, 2.24) is 25.1 Å². The molecule has 0 aliphatic rings. The summed E-state index contributed by atoms with van der Waals surface area (Å²) in [6.07, 6.45) is 0. The molecule has 0 saturated heterocycles. The fraction of sp³-hybridized carbons (Fsp3) is 0.545. The lowest BCUT2D eigenvalue weighted by Crippen LogP contribution is -2.10. The van der Waals surface area contributed by atoms with Gasteiger partial charge in [-0.1, -0.05) is 11.8 Å². The van der Waals surface area contributed by atoms with Crippen LogP contribution in [0.25, 0.3) is 0 Å². The van der Waals surface area contributed by atoms with Crippen molar-refractivity contribution in [3.8, 4) is 0 Å². The van der Waals surface area contributed by atoms with Gasteiger partial charge in [0, 0.05) is 17.7 Å². The highest BCUT2D eigenvalue weighted by Crippen LogP contribution is 2.25. The summed E-state index contributed by atoms with van der Waals surface area (Å²) < 4.78 is 2.02. The summed E-state index contributed by atoms with van der Waals surface area (Å²) in [5, 5.41) is 13.5. The van der Waals surface area contributed by atoms with Crippen molar-refractivity contribution in [2.24, 2.45) is 7.05 Å². The molecule has 5 nitrogen and oxygen atoms in total. The van der Waals surface area contributed by atoms with Gasteiger partial charge in [0.2, 0.25) is 0 Å². The number of aromatic nitrogens is 4. The number of thioether (sulfide) groups is 1. The number of aryl methyl sites for hydroxylation is 2. The Bertz CT molecular complexity index is 532. The van der Waals surface area contributed by atoms with E-state index in [4.69, 9.17) is 0 Å². The normalized spacial score (nSPS) is 11.1. The van der Waals surface area contributed by atoms with Crippen molar-refractivity contribution < 1.29 is 0 Å². The molecule has 0 fully saturated rings. The zero-order valence-electron chi connectivity index (χ0n) is 11.0. The van der Waals surface area contributed by atoms with Crippen LogP contribution in [0, 0.1) is 13.8 Å². The van der Waals surface area contributed by atoms with Crippen LogP contribution in [0.4, 0.5) is 0 Å². The third-order valence-electron chi connectivity index (χ3n) is 2.60. The summed E-state index contributed by atoms with van der Waals surface area (Å²) in [5.41, 5.74) is 1.15. The Balaban J connectivity index is 2.04. The van der Waals surface area contributed by atoms with Crippen molar-refractivity contribution in [3.63, 3.8) is 0 Å². The van der Waals surface area contributed by atoms with E-state index in [0.29, 0.717) is 0 Å². The van der Waals surface area contributed by atoms with Crippen molar-refractivity contribution in [1.29, 1.82) is 0 Å². The van der Waals surface area contributed by atoms with E-state index in [9.17, 15) is 0 Å². The van der Waals surface area contributed by atoms with Crippen LogP contribution >= 0.6 is 23.1 Å². The number of rotatable bonds is 5. The number of thiazole rings is 1. The van der Waals surface area contributed by atoms with Crippen molar-refractivity contribution >= 4 is 23.1 Å². The summed E-state index contributed by atoms with van der Waals surface area (Å²) in [6, 6.07) is 0. The van der Waals surface area contributed by atoms with Gasteiger partial charge >= 0.3 is 0 Å². The van der Waals surface area contributed by atoms with Gasteiger partial charge in [-0.3, -0.25) is 0 Å². The average molecular weight is 283 g/mol. The molecule has 98 valence electrons. The maximum Gasteiger partial charge on any atom is 0.191 e. The van der Waals surface area contributed by atoms with Gasteiger partial charge in [-0.05, 0) is 20.9 Å². The zero-order chi connectivity index (χ0) is 13.1. The van der Waals surface area contributed by atoms with E-state index in [2.05, 4.69) is 27.4 Å². The largest absolute Gasteiger partial charge is 0.313 e. The molecule has 0 spiro atoms. The first-order chi connectivity index (χ1) is 8.61. The Hall–Kier alpha value is -0.920. The molecule has 0 aliphatic heterocycles. The first-order valence-corrected chi connectivity index (χ1v) is 7.50. The van der Waals surface area contributed by atoms with E-state index in [1.54, 1.807) is 23.1 Å². The molecule has 0 radical (unpaired) electrons. The van der Waals surface area contributed by atoms with Crippen LogP contribution in [-0.4, -0.2) is 26.8 Å². The molecule has 2 aromatic heterocycles. The molecular formula is C11H17N5S2. The van der Waals surface area contributed by atoms with Crippen LogP contribution in [0.5, 0.6) is 0 Å². The highest BCUT2D eigenvalue weighted by atomic mass is 32.2. The average Bonchev–Trinajstić information content (AvgIpc) is 2.82. The van der Waals surface area contributed by atoms with Crippen molar-refractivity contribution in [2.45, 2.75) is 31.3 Å². The second-order valence-corrected chi connectivity index (χ2v) is 6.36. The van der Waals surface area contributed by atoms with Gasteiger partial charge in [0.1, 0.15) is 5.82 Å². The first-order valence-electron chi connectivity index (χ1n) is 5.70. The van der Waals surface area contributed by atoms with Gasteiger partial charge < -0.3 is 9.88 Å². The molecule has 0 bridgehead atoms. The number of nitrogens with zero attached hydrogens (tertiary/aromatic N) is 4. The van der Waals surface area contributed by atoms with Crippen LogP contribution in [0.15, 0.2) is 5.16 Å². The number of hydrogen-bond acceptors (Lipinski definition) is 6. The van der Waals surface area contributed by atoms with Crippen LogP contribution in [0.3, 0.4) is 0 Å². The van der Waals surface area contributed by atoms with Crippen molar-refractivity contribution in [2.75, 3.05) is 7.05 Å². The van der Waals surface area contributed by atoms with E-state index in [1.807, 2.05) is 25.6 Å². The topological polar surface area (TPSA) is 55.6 Å². The molecule has 2 rings (SSSR count). The maximum absolute atomic E-state index is 4.53. The van der Waals surface area contributed by atoms with Gasteiger partial charge in [-0.25, -0.2) is 4.98 Å². The van der Waals surface area contributed by atoms with E-state index in [1.165, 1.54) is 4.88 Å². The molecule has 1 N–H and O–H groups in total. The van der Waals surface area contributed by atoms with Crippen LogP contribution in [-0.2, 0) is 19.3 Å². The van der Waals surface area contributed by atoms with Gasteiger partial charge in [-0.2, -0.15) is 0 Å². The summed E-state index contributed by atoms with van der Waals surface area (Å²) in [4.78, 5) is 5.82. The second kappa shape index (κ2) is 5.81. The van der Waals surface area contributed by atoms with E-state index >= 15 is 0 Å². The van der Waals surface area contributed by atoms with Gasteiger partial charge in [0.15, 0.2) is 5.16 Å². The molecular weight excluding hydrogens is 266 g/mol. The third-order valence-corrected chi connectivity index (χ3v) is 4.56. The van der Waals surface area contributed by atoms with Gasteiger partial charge in [0.25, 0.3) is 0 Å². The molecule has 0 amide bonds. The Morgan fingerprint density at radius 1 is 1.33 bits per heavy atom. The van der Waals surface area contributed by atoms with E-state index in [-0.39, 0.29) is 0 Å². The fourth-order valence-corrected chi connectivity index (χ4v) is 3.49. The third kappa shape index (κ3) is 2.90. The molecule has 0 saturated carbocycles. The van der Waals surface area contributed by atoms with Gasteiger partial charge in [-0.15, -0.1) is 21.5 Å². The second-order valence-electron chi connectivity index (χ2n) is 4.01. The number of nitrogens with one attached hydrogen (secondary N) is 1. The molecule has 18 heavy (non-hydrogen) atoms. The van der Waals surface area contributed by atoms with Crippen LogP contribution in [0.2, 0.25) is 0 Å². The van der Waals surface area contributed by atoms with E-state index in [0.717, 1.165) is 34.0 Å². The molecule has 0 aromatic carbocycles. The molecule has 0 atom stereocenters. The Labute approximate surface area is 115 Å². The summed E-state index contributed by atoms with van der Waals surface area (Å²) in [5.74, 6) is 1.80. The van der Waals surface area contributed by atoms with Crippen molar-refractivity contribution in [3.05, 3.63) is 21.4 Å². The molecule has 7 heteroatoms. The minimum atomic E-state index is 0.735. The monoisotopic (exact) mass is 283 g/mol. The van der Waals surface area contributed by atoms with Crippen LogP contribution < -0.4 is 5.32 Å². The summed E-state index contributed by atoms with van der Waals surface area (Å²) >= 11 is 3.42. The van der Waals surface area contributed by atoms with Crippen LogP contribution in [0.1, 0.15) is 21.4 Å². The zero-order valence-corrected chi connectivity index (χ0v) is 12.7. The Morgan fingerprint density at radius 2 is 2.11 bits per heavy atom. The highest BCUT2D eigenvalue weighted by molar-refractivity contribution is 7.98. The molecule has 2 aromatic rings. The maximum atomic E-state index is 4.53. The SMILES string of the molecule is CNCc1nnc(SCc2nc(C)sc2C)n1C. The first kappa shape index (κ1) is 13.5. The molecule has 0 aliphatic carbocycles. The molecule has 2 heterocycles. The highest BCUT2D eigenvalue weighted by Gasteiger charge is 2.11. The Kier molecular flexibility index (Phi) is 4.36. The minimum Gasteiger partial charge on any atom is -0.313 e. The standard InChI is InChI=1S/C11H17N5S2/c1-7-9(13-8(2)18-7)6-17-11-15-14-10(5-12-3)16(11)4/h12H,5-6H2,1-4H3. The predicted octanol–water partition coefficient (Wildman–Crippen LogP) is 1.90. The predicted molar refractivity (Wildman–Crippen MR) is 74.9 cm³/mol. The molecule has 0 unspecified atom stereocenters. The summed E-state index contributed by atoms with van der Waals surface area (Å²) in [7, 11) is 3.90. The van der Waals surface area contributed by atoms with Gasteiger partial charge in [0.05, 0.1) is 17.2 Å². The lowest BCUT2D eigenvalue weighted by atomic mass is 10.4. The lowest BCUT2D eigenvalue weighted by molar-refractivity contribution is 0.682. The lowest BCUT2D eigenvalue weighted by Gasteiger charge is -2.02. The minimum absolute atomic E-state index is 0.735. The van der Waals surface area contributed by atoms with E-state index < -0.39 is 0 Å². The smallest absolute Gasteiger partial charge is 0.191 e. The Morgan fingerprint density at radius 3 is 2.72 bits per heavy atom. The number of hydrogen-bond donors (Lipinski definition) is 1. The quantitative estimate of drug-likeness (QED) is 0.849. The fourth-order valence-electron chi connectivity index (χ4n) is 1.62.